The van der Waals surface area contributed by atoms with Gasteiger partial charge in [0.2, 0.25) is 0 Å². The number of ether oxygens (including phenoxy) is 1. The van der Waals surface area contributed by atoms with Crippen molar-refractivity contribution in [2.24, 2.45) is 0 Å². The fourth-order valence-electron chi connectivity index (χ4n) is 2.22. The number of pyridine rings is 1. The Hall–Kier alpha value is -2.09. The molecule has 0 unspecified atom stereocenters. The van der Waals surface area contributed by atoms with Gasteiger partial charge in [-0.2, -0.15) is 5.26 Å². The minimum atomic E-state index is -0.472. The van der Waals surface area contributed by atoms with Gasteiger partial charge in [-0.25, -0.2) is 4.79 Å². The standard InChI is InChI=1S/C15H19N3O2/c1-10-11(5-16)6-17-7-13(10)12-8-18(9-12)14(19)20-15(2,3)4/h6-7,12H,8-9H2,1-4H3. The van der Waals surface area contributed by atoms with Crippen molar-refractivity contribution in [3.8, 4) is 6.07 Å². The number of aromatic nitrogens is 1. The van der Waals surface area contributed by atoms with Crippen molar-refractivity contribution < 1.29 is 9.53 Å². The topological polar surface area (TPSA) is 66.2 Å². The van der Waals surface area contributed by atoms with Gasteiger partial charge in [0.15, 0.2) is 0 Å². The van der Waals surface area contributed by atoms with E-state index in [1.54, 1.807) is 17.3 Å². The fraction of sp³-hybridized carbons (Fsp3) is 0.533. The molecule has 0 spiro atoms. The molecule has 0 aliphatic carbocycles. The molecule has 0 saturated carbocycles. The number of rotatable bonds is 1. The Labute approximate surface area is 119 Å². The second-order valence-corrected chi connectivity index (χ2v) is 6.10. The maximum Gasteiger partial charge on any atom is 0.410 e. The third-order valence-corrected chi connectivity index (χ3v) is 3.35. The molecule has 1 aliphatic heterocycles. The van der Waals surface area contributed by atoms with Gasteiger partial charge in [-0.3, -0.25) is 4.98 Å². The monoisotopic (exact) mass is 273 g/mol. The van der Waals surface area contributed by atoms with E-state index in [0.717, 1.165) is 11.1 Å². The van der Waals surface area contributed by atoms with Crippen LogP contribution in [0.1, 0.15) is 43.4 Å². The van der Waals surface area contributed by atoms with Gasteiger partial charge in [0, 0.05) is 31.4 Å². The molecule has 1 aromatic rings. The van der Waals surface area contributed by atoms with Gasteiger partial charge in [0.1, 0.15) is 11.7 Å². The molecule has 5 heteroatoms. The second kappa shape index (κ2) is 5.12. The number of nitriles is 1. The first kappa shape index (κ1) is 14.3. The summed E-state index contributed by atoms with van der Waals surface area (Å²) in [6, 6.07) is 2.14. The number of likely N-dealkylation sites (tertiary alicyclic amines) is 1. The van der Waals surface area contributed by atoms with Gasteiger partial charge in [-0.1, -0.05) is 0 Å². The SMILES string of the molecule is Cc1c(C#N)cncc1C1CN(C(=O)OC(C)(C)C)C1. The Morgan fingerprint density at radius 1 is 1.45 bits per heavy atom. The molecule has 1 aromatic heterocycles. The van der Waals surface area contributed by atoms with Crippen molar-refractivity contribution in [3.63, 3.8) is 0 Å². The molecule has 5 nitrogen and oxygen atoms in total. The largest absolute Gasteiger partial charge is 0.444 e. The molecule has 0 bridgehead atoms. The minimum absolute atomic E-state index is 0.239. The van der Waals surface area contributed by atoms with Crippen LogP contribution in [-0.4, -0.2) is 34.7 Å². The lowest BCUT2D eigenvalue weighted by molar-refractivity contribution is 0.00811. The minimum Gasteiger partial charge on any atom is -0.444 e. The lowest BCUT2D eigenvalue weighted by atomic mass is 9.89. The predicted molar refractivity (Wildman–Crippen MR) is 74.2 cm³/mol. The summed E-state index contributed by atoms with van der Waals surface area (Å²) in [6.45, 7) is 8.72. The summed E-state index contributed by atoms with van der Waals surface area (Å²) >= 11 is 0. The first-order valence-corrected chi connectivity index (χ1v) is 6.64. The average molecular weight is 273 g/mol. The Balaban J connectivity index is 2.01. The van der Waals surface area contributed by atoms with Crippen molar-refractivity contribution in [3.05, 3.63) is 29.1 Å². The molecular weight excluding hydrogens is 254 g/mol. The average Bonchev–Trinajstić information content (AvgIpc) is 2.27. The zero-order valence-corrected chi connectivity index (χ0v) is 12.3. The molecule has 0 atom stereocenters. The van der Waals surface area contributed by atoms with E-state index < -0.39 is 5.60 Å². The van der Waals surface area contributed by atoms with E-state index in [1.807, 2.05) is 27.7 Å². The Kier molecular flexibility index (Phi) is 3.67. The number of amides is 1. The van der Waals surface area contributed by atoms with Crippen LogP contribution in [0, 0.1) is 18.3 Å². The highest BCUT2D eigenvalue weighted by molar-refractivity contribution is 5.69. The van der Waals surface area contributed by atoms with Crippen LogP contribution >= 0.6 is 0 Å². The zero-order valence-electron chi connectivity index (χ0n) is 12.3. The summed E-state index contributed by atoms with van der Waals surface area (Å²) in [5, 5.41) is 9.01. The van der Waals surface area contributed by atoms with Crippen LogP contribution in [0.3, 0.4) is 0 Å². The quantitative estimate of drug-likeness (QED) is 0.788. The molecule has 0 radical (unpaired) electrons. The van der Waals surface area contributed by atoms with E-state index in [1.165, 1.54) is 0 Å². The third-order valence-electron chi connectivity index (χ3n) is 3.35. The highest BCUT2D eigenvalue weighted by Gasteiger charge is 2.35. The van der Waals surface area contributed by atoms with Gasteiger partial charge < -0.3 is 9.64 Å². The van der Waals surface area contributed by atoms with Crippen LogP contribution in [0.5, 0.6) is 0 Å². The number of hydrogen-bond acceptors (Lipinski definition) is 4. The van der Waals surface area contributed by atoms with Gasteiger partial charge in [0.05, 0.1) is 5.56 Å². The van der Waals surface area contributed by atoms with Crippen molar-refractivity contribution in [1.29, 1.82) is 5.26 Å². The maximum atomic E-state index is 11.9. The summed E-state index contributed by atoms with van der Waals surface area (Å²) < 4.78 is 5.32. The summed E-state index contributed by atoms with van der Waals surface area (Å²) in [4.78, 5) is 17.6. The normalized spacial score (nSPS) is 15.4. The van der Waals surface area contributed by atoms with Crippen LogP contribution < -0.4 is 0 Å². The molecule has 0 N–H and O–H groups in total. The smallest absolute Gasteiger partial charge is 0.410 e. The van der Waals surface area contributed by atoms with Crippen molar-refractivity contribution in [2.75, 3.05) is 13.1 Å². The number of carbonyl (C=O) groups excluding carboxylic acids is 1. The van der Waals surface area contributed by atoms with E-state index in [-0.39, 0.29) is 12.0 Å². The Bertz CT molecular complexity index is 563. The van der Waals surface area contributed by atoms with Gasteiger partial charge in [-0.15, -0.1) is 0 Å². The first-order valence-electron chi connectivity index (χ1n) is 6.64. The molecule has 1 aliphatic rings. The van der Waals surface area contributed by atoms with Crippen molar-refractivity contribution >= 4 is 6.09 Å². The van der Waals surface area contributed by atoms with E-state index in [4.69, 9.17) is 10.00 Å². The highest BCUT2D eigenvalue weighted by atomic mass is 16.6. The number of carbonyl (C=O) groups is 1. The van der Waals surface area contributed by atoms with Gasteiger partial charge in [0.25, 0.3) is 0 Å². The Morgan fingerprint density at radius 3 is 2.65 bits per heavy atom. The Morgan fingerprint density at radius 2 is 2.10 bits per heavy atom. The molecule has 106 valence electrons. The second-order valence-electron chi connectivity index (χ2n) is 6.10. The lowest BCUT2D eigenvalue weighted by Crippen LogP contribution is -2.50. The molecule has 2 rings (SSSR count). The molecule has 0 aromatic carbocycles. The van der Waals surface area contributed by atoms with Crippen molar-refractivity contribution in [1.82, 2.24) is 9.88 Å². The van der Waals surface area contributed by atoms with Crippen LogP contribution in [0.25, 0.3) is 0 Å². The van der Waals surface area contributed by atoms with Crippen LogP contribution in [-0.2, 0) is 4.74 Å². The van der Waals surface area contributed by atoms with Gasteiger partial charge >= 0.3 is 6.09 Å². The maximum absolute atomic E-state index is 11.9. The molecule has 1 amide bonds. The fourth-order valence-corrected chi connectivity index (χ4v) is 2.22. The molecule has 2 heterocycles. The summed E-state index contributed by atoms with van der Waals surface area (Å²) in [6.07, 6.45) is 3.08. The lowest BCUT2D eigenvalue weighted by Gasteiger charge is -2.40. The van der Waals surface area contributed by atoms with Crippen LogP contribution in [0.4, 0.5) is 4.79 Å². The highest BCUT2D eigenvalue weighted by Crippen LogP contribution is 2.30. The number of hydrogen-bond donors (Lipinski definition) is 0. The van der Waals surface area contributed by atoms with Gasteiger partial charge in [-0.05, 0) is 38.8 Å². The van der Waals surface area contributed by atoms with Crippen molar-refractivity contribution in [2.45, 2.75) is 39.2 Å². The molecule has 1 saturated heterocycles. The first-order chi connectivity index (χ1) is 9.31. The third kappa shape index (κ3) is 2.90. The number of nitrogens with zero attached hydrogens (tertiary/aromatic N) is 3. The van der Waals surface area contributed by atoms with E-state index in [2.05, 4.69) is 11.1 Å². The molecular formula is C15H19N3O2. The summed E-state index contributed by atoms with van der Waals surface area (Å²) in [7, 11) is 0. The van der Waals surface area contributed by atoms with E-state index >= 15 is 0 Å². The molecule has 1 fully saturated rings. The van der Waals surface area contributed by atoms with Crippen LogP contribution in [0.15, 0.2) is 12.4 Å². The van der Waals surface area contributed by atoms with E-state index in [9.17, 15) is 4.79 Å². The van der Waals surface area contributed by atoms with Crippen LogP contribution in [0.2, 0.25) is 0 Å². The molecule has 20 heavy (non-hydrogen) atoms. The summed E-state index contributed by atoms with van der Waals surface area (Å²) in [5.41, 5.74) is 2.12. The zero-order chi connectivity index (χ0) is 14.9. The van der Waals surface area contributed by atoms with E-state index in [0.29, 0.717) is 18.7 Å². The predicted octanol–water partition coefficient (Wildman–Crippen LogP) is 2.60. The summed E-state index contributed by atoms with van der Waals surface area (Å²) in [5.74, 6) is 0.239.